The third-order valence-electron chi connectivity index (χ3n) is 9.29. The maximum Gasteiger partial charge on any atom is 0.410 e. The number of methoxy groups -OCH3 is 1. The van der Waals surface area contributed by atoms with Gasteiger partial charge >= 0.3 is 6.09 Å². The zero-order chi connectivity index (χ0) is 40.0. The predicted octanol–water partition coefficient (Wildman–Crippen LogP) is 5.09. The fourth-order valence-electron chi connectivity index (χ4n) is 6.12. The first kappa shape index (κ1) is 41.6. The summed E-state index contributed by atoms with van der Waals surface area (Å²) in [6, 6.07) is 10.8. The van der Waals surface area contributed by atoms with E-state index in [4.69, 9.17) is 14.2 Å². The average Bonchev–Trinajstić information content (AvgIpc) is 3.72. The minimum absolute atomic E-state index is 0.146. The van der Waals surface area contributed by atoms with Crippen LogP contribution in [-0.4, -0.2) is 112 Å². The monoisotopic (exact) mass is 750 g/mol. The molecule has 0 spiro atoms. The number of aromatic nitrogens is 2. The Morgan fingerprint density at radius 2 is 1.63 bits per heavy atom. The molecule has 14 heteroatoms. The van der Waals surface area contributed by atoms with Crippen LogP contribution in [0.3, 0.4) is 0 Å². The molecule has 1 aromatic heterocycles. The number of benzene rings is 2. The van der Waals surface area contributed by atoms with Gasteiger partial charge in [-0.3, -0.25) is 19.3 Å². The number of likely N-dealkylation sites (N-methyl/N-ethyl adjacent to an activating group) is 1. The predicted molar refractivity (Wildman–Crippen MR) is 202 cm³/mol. The summed E-state index contributed by atoms with van der Waals surface area (Å²) in [5.74, 6) is -0.282. The third kappa shape index (κ3) is 11.2. The standard InChI is InChI=1S/C40H55FN6O7/c1-26(45(9)38(51)54-40(5,6)7)35(48)43-34(39(2,3)4)37(50)47-23-32(53-31-17-15-30(52-10)16-18-31)21-29(47)22-46(36(49)33-24-44(8)25-42-33)20-19-27-11-13-28(41)14-12-27/h11-18,24-26,29,32,34H,19-23H2,1-10H3,(H,43,48)/t26-,29-,32-,34+/m0/s1. The van der Waals surface area contributed by atoms with Gasteiger partial charge in [0.15, 0.2) is 0 Å². The lowest BCUT2D eigenvalue weighted by atomic mass is 9.85. The van der Waals surface area contributed by atoms with Gasteiger partial charge in [0.25, 0.3) is 5.91 Å². The average molecular weight is 751 g/mol. The molecule has 2 aromatic carbocycles. The van der Waals surface area contributed by atoms with E-state index in [0.717, 1.165) is 5.56 Å². The molecule has 3 aromatic rings. The molecule has 1 aliphatic heterocycles. The number of nitrogens with zero attached hydrogens (tertiary/aromatic N) is 5. The number of likely N-dealkylation sites (tertiary alicyclic amines) is 1. The highest BCUT2D eigenvalue weighted by molar-refractivity contribution is 5.93. The van der Waals surface area contributed by atoms with E-state index in [0.29, 0.717) is 24.3 Å². The van der Waals surface area contributed by atoms with Crippen LogP contribution < -0.4 is 14.8 Å². The Kier molecular flexibility index (Phi) is 13.4. The molecule has 1 N–H and O–H groups in total. The Bertz CT molecular complexity index is 1750. The Labute approximate surface area is 317 Å². The van der Waals surface area contributed by atoms with Crippen LogP contribution in [0.4, 0.5) is 9.18 Å². The molecule has 0 radical (unpaired) electrons. The molecule has 4 atom stereocenters. The summed E-state index contributed by atoms with van der Waals surface area (Å²) in [6.07, 6.45) is 2.91. The molecule has 1 saturated heterocycles. The molecule has 13 nitrogen and oxygen atoms in total. The first-order valence-electron chi connectivity index (χ1n) is 18.1. The maximum atomic E-state index is 14.7. The van der Waals surface area contributed by atoms with Gasteiger partial charge in [-0.25, -0.2) is 14.2 Å². The van der Waals surface area contributed by atoms with Gasteiger partial charge in [0, 0.05) is 39.8 Å². The van der Waals surface area contributed by atoms with Crippen LogP contribution in [0.15, 0.2) is 61.1 Å². The van der Waals surface area contributed by atoms with Crippen LogP contribution in [0.5, 0.6) is 11.5 Å². The van der Waals surface area contributed by atoms with Gasteiger partial charge in [-0.1, -0.05) is 32.9 Å². The minimum atomic E-state index is -0.999. The topological polar surface area (TPSA) is 136 Å². The molecule has 0 aliphatic carbocycles. The molecule has 0 unspecified atom stereocenters. The summed E-state index contributed by atoms with van der Waals surface area (Å²) in [5, 5.41) is 2.93. The van der Waals surface area contributed by atoms with Crippen LogP contribution >= 0.6 is 0 Å². The third-order valence-corrected chi connectivity index (χ3v) is 9.29. The van der Waals surface area contributed by atoms with E-state index < -0.39 is 47.2 Å². The number of ether oxygens (including phenoxy) is 3. The van der Waals surface area contributed by atoms with Crippen molar-refractivity contribution in [2.45, 2.75) is 91.1 Å². The summed E-state index contributed by atoms with van der Waals surface area (Å²) >= 11 is 0. The summed E-state index contributed by atoms with van der Waals surface area (Å²) in [5.41, 5.74) is -0.411. The van der Waals surface area contributed by atoms with Gasteiger partial charge in [-0.2, -0.15) is 0 Å². The van der Waals surface area contributed by atoms with Gasteiger partial charge < -0.3 is 33.9 Å². The number of hydrogen-bond acceptors (Lipinski definition) is 8. The molecule has 0 bridgehead atoms. The SMILES string of the molecule is COc1ccc(O[C@H]2C[C@@H](CN(CCc3ccc(F)cc3)C(=O)c3cn(C)cn3)N(C(=O)[C@@H](NC(=O)[C@H](C)N(C)C(=O)OC(C)(C)C)C(C)(C)C)C2)cc1. The number of carbonyl (C=O) groups excluding carboxylic acids is 4. The Balaban J connectivity index is 1.64. The number of hydrogen-bond donors (Lipinski definition) is 1. The van der Waals surface area contributed by atoms with E-state index in [1.165, 1.54) is 24.1 Å². The van der Waals surface area contributed by atoms with E-state index in [9.17, 15) is 23.6 Å². The number of carbonyl (C=O) groups is 4. The highest BCUT2D eigenvalue weighted by atomic mass is 19.1. The first-order valence-corrected chi connectivity index (χ1v) is 18.1. The molecule has 2 heterocycles. The number of imidazole rings is 1. The normalized spacial score (nSPS) is 17.0. The van der Waals surface area contributed by atoms with E-state index in [2.05, 4.69) is 10.3 Å². The van der Waals surface area contributed by atoms with Gasteiger partial charge in [0.2, 0.25) is 11.8 Å². The minimum Gasteiger partial charge on any atom is -0.497 e. The highest BCUT2D eigenvalue weighted by Crippen LogP contribution is 2.30. The first-order chi connectivity index (χ1) is 25.2. The Morgan fingerprint density at radius 3 is 2.19 bits per heavy atom. The van der Waals surface area contributed by atoms with Gasteiger partial charge in [-0.05, 0) is 81.5 Å². The molecule has 4 rings (SSSR count). The van der Waals surface area contributed by atoms with Crippen molar-refractivity contribution < 1.29 is 37.8 Å². The molecule has 1 fully saturated rings. The van der Waals surface area contributed by atoms with Crippen LogP contribution in [0.1, 0.15) is 70.9 Å². The molecule has 294 valence electrons. The van der Waals surface area contributed by atoms with Gasteiger partial charge in [0.05, 0.1) is 26.0 Å². The van der Waals surface area contributed by atoms with Crippen molar-refractivity contribution in [1.29, 1.82) is 0 Å². The van der Waals surface area contributed by atoms with Crippen LogP contribution in [-0.2, 0) is 27.8 Å². The van der Waals surface area contributed by atoms with E-state index in [1.54, 1.807) is 105 Å². The fourth-order valence-corrected chi connectivity index (χ4v) is 6.12. The Hall–Kier alpha value is -5.14. The van der Waals surface area contributed by atoms with Gasteiger partial charge in [0.1, 0.15) is 46.8 Å². The smallest absolute Gasteiger partial charge is 0.410 e. The quantitative estimate of drug-likeness (QED) is 0.256. The number of rotatable bonds is 13. The zero-order valence-corrected chi connectivity index (χ0v) is 33.1. The van der Waals surface area contributed by atoms with E-state index >= 15 is 0 Å². The molecule has 1 aliphatic rings. The Morgan fingerprint density at radius 1 is 1.00 bits per heavy atom. The van der Waals surface area contributed by atoms with Gasteiger partial charge in [-0.15, -0.1) is 0 Å². The summed E-state index contributed by atoms with van der Waals surface area (Å²) in [7, 11) is 4.83. The molecular formula is C40H55FN6O7. The number of nitrogens with one attached hydrogen (secondary N) is 1. The molecule has 0 saturated carbocycles. The van der Waals surface area contributed by atoms with Crippen molar-refractivity contribution in [3.05, 3.63) is 78.1 Å². The van der Waals surface area contributed by atoms with E-state index in [-0.39, 0.29) is 43.0 Å². The van der Waals surface area contributed by atoms with Crippen molar-refractivity contribution in [3.8, 4) is 11.5 Å². The van der Waals surface area contributed by atoms with Crippen molar-refractivity contribution >= 4 is 23.8 Å². The molecule has 4 amide bonds. The summed E-state index contributed by atoms with van der Waals surface area (Å²) in [4.78, 5) is 64.1. The number of halogens is 1. The highest BCUT2D eigenvalue weighted by Gasteiger charge is 2.45. The second kappa shape index (κ2) is 17.3. The van der Waals surface area contributed by atoms with Crippen LogP contribution in [0.25, 0.3) is 0 Å². The summed E-state index contributed by atoms with van der Waals surface area (Å²) < 4.78 is 32.5. The van der Waals surface area contributed by atoms with Crippen LogP contribution in [0, 0.1) is 11.2 Å². The lowest BCUT2D eigenvalue weighted by Gasteiger charge is -2.38. The lowest BCUT2D eigenvalue weighted by molar-refractivity contribution is -0.141. The van der Waals surface area contributed by atoms with Crippen molar-refractivity contribution in [2.24, 2.45) is 12.5 Å². The number of amides is 4. The maximum absolute atomic E-state index is 14.7. The van der Waals surface area contributed by atoms with E-state index in [1.807, 2.05) is 20.8 Å². The number of aryl methyl sites for hydroxylation is 1. The summed E-state index contributed by atoms with van der Waals surface area (Å²) in [6.45, 7) is 13.0. The second-order valence-corrected chi connectivity index (χ2v) is 15.9. The zero-order valence-electron chi connectivity index (χ0n) is 33.1. The second-order valence-electron chi connectivity index (χ2n) is 15.9. The van der Waals surface area contributed by atoms with Crippen molar-refractivity contribution in [2.75, 3.05) is 33.8 Å². The van der Waals surface area contributed by atoms with Crippen molar-refractivity contribution in [1.82, 2.24) is 29.6 Å². The van der Waals surface area contributed by atoms with Crippen molar-refractivity contribution in [3.63, 3.8) is 0 Å². The lowest BCUT2D eigenvalue weighted by Crippen LogP contribution is -2.60. The largest absolute Gasteiger partial charge is 0.497 e. The molecular weight excluding hydrogens is 695 g/mol. The fraction of sp³-hybridized carbons (Fsp3) is 0.525. The molecule has 54 heavy (non-hydrogen) atoms. The van der Waals surface area contributed by atoms with Crippen LogP contribution in [0.2, 0.25) is 0 Å².